The van der Waals surface area contributed by atoms with E-state index in [1.807, 2.05) is 106 Å². The lowest BCUT2D eigenvalue weighted by Gasteiger charge is -2.18. The number of fused-ring (bicyclic) bond motifs is 6. The molecule has 0 amide bonds. The van der Waals surface area contributed by atoms with Crippen LogP contribution in [0, 0.1) is 80.6 Å². The van der Waals surface area contributed by atoms with Gasteiger partial charge in [-0.1, -0.05) is 48.5 Å². The van der Waals surface area contributed by atoms with Crippen LogP contribution < -0.4 is 0 Å². The molecular weight excluding hydrogens is 925 g/mol. The van der Waals surface area contributed by atoms with Gasteiger partial charge in [0.2, 0.25) is 0 Å². The number of aromatic nitrogens is 17. The normalized spacial score (nSPS) is 11.6. The van der Waals surface area contributed by atoms with Crippen molar-refractivity contribution in [2.75, 3.05) is 0 Å². The molecule has 12 aromatic rings. The van der Waals surface area contributed by atoms with Crippen LogP contribution in [0.4, 0.5) is 0 Å². The predicted molar refractivity (Wildman–Crippen MR) is 281 cm³/mol. The van der Waals surface area contributed by atoms with E-state index in [4.69, 9.17) is 49.8 Å². The Morgan fingerprint density at radius 1 is 0.284 bits per heavy atom. The summed E-state index contributed by atoms with van der Waals surface area (Å²) in [6, 6.07) is 31.4. The van der Waals surface area contributed by atoms with Gasteiger partial charge in [-0.15, -0.1) is 0 Å². The summed E-state index contributed by atoms with van der Waals surface area (Å²) in [5.41, 5.74) is 8.39. The fourth-order valence-electron chi connectivity index (χ4n) is 10.0. The van der Waals surface area contributed by atoms with E-state index in [-0.39, 0.29) is 0 Å². The number of nitriles is 1. The predicted octanol–water partition coefficient (Wildman–Crippen LogP) is 10.1. The molecule has 0 aliphatic heterocycles. The molecular formula is C56H44N18. The Morgan fingerprint density at radius 2 is 0.500 bits per heavy atom. The fourth-order valence-corrected chi connectivity index (χ4v) is 10.0. The maximum absolute atomic E-state index is 12.0. The van der Waals surface area contributed by atoms with Crippen molar-refractivity contribution in [3.63, 3.8) is 0 Å². The molecule has 0 fully saturated rings. The average molecular weight is 969 g/mol. The highest BCUT2D eigenvalue weighted by atomic mass is 15.1. The highest BCUT2D eigenvalue weighted by molar-refractivity contribution is 6.13. The van der Waals surface area contributed by atoms with Crippen molar-refractivity contribution in [3.8, 4) is 74.4 Å². The maximum Gasteiger partial charge on any atom is 0.163 e. The lowest BCUT2D eigenvalue weighted by atomic mass is 10.0. The van der Waals surface area contributed by atoms with Crippen molar-refractivity contribution in [3.05, 3.63) is 149 Å². The van der Waals surface area contributed by atoms with Crippen molar-refractivity contribution in [2.24, 2.45) is 0 Å². The summed E-state index contributed by atoms with van der Waals surface area (Å²) < 4.78 is 4.26. The summed E-state index contributed by atoms with van der Waals surface area (Å²) in [5.74, 6) is 8.48. The smallest absolute Gasteiger partial charge is 0.163 e. The standard InChI is InChI=1S/C56H44N18/c1-26-58-27(2)64-52(63-26)36-11-15-41-42-16-12-37(53-65-28(3)59-29(4)66-53)20-47(42)73(46(41)19-36)50-23-40(56-71-34(9)62-35(10)72-56)24-51(45(50)25-57)74-48-21-38(54-67-30(5)60-31(6)68-54)13-17-43(48)44-18-14-39(22-49(44)74)55-69-32(7)61-33(8)70-55/h11-24H,1-10H3. The molecule has 0 unspecified atom stereocenters. The molecule has 18 heteroatoms. The molecule has 0 saturated carbocycles. The van der Waals surface area contributed by atoms with E-state index in [1.165, 1.54) is 0 Å². The van der Waals surface area contributed by atoms with Crippen molar-refractivity contribution in [2.45, 2.75) is 69.2 Å². The van der Waals surface area contributed by atoms with E-state index in [0.717, 1.165) is 65.9 Å². The van der Waals surface area contributed by atoms with Crippen molar-refractivity contribution < 1.29 is 0 Å². The Balaban J connectivity index is 1.24. The van der Waals surface area contributed by atoms with E-state index in [9.17, 15) is 5.26 Å². The van der Waals surface area contributed by atoms with Gasteiger partial charge in [0, 0.05) is 49.4 Å². The van der Waals surface area contributed by atoms with Gasteiger partial charge in [0.05, 0.1) is 33.4 Å². The first kappa shape index (κ1) is 45.4. The zero-order chi connectivity index (χ0) is 51.3. The molecule has 0 atom stereocenters. The molecule has 18 nitrogen and oxygen atoms in total. The van der Waals surface area contributed by atoms with Gasteiger partial charge in [0.25, 0.3) is 0 Å². The Labute approximate surface area is 423 Å². The van der Waals surface area contributed by atoms with Crippen LogP contribution in [0.3, 0.4) is 0 Å². The molecule has 0 bridgehead atoms. The number of hydrogen-bond donors (Lipinski definition) is 0. The Bertz CT molecular complexity index is 3850. The van der Waals surface area contributed by atoms with Gasteiger partial charge >= 0.3 is 0 Å². The number of rotatable bonds is 7. The SMILES string of the molecule is Cc1nc(C)nc(-c2cc(-n3c4cc(-c5nc(C)nc(C)n5)ccc4c4ccc(-c5nc(C)nc(C)n5)cc43)c(C#N)c(-n3c4cc(-c5nc(C)nc(C)n5)ccc4c4ccc(-c5nc(C)nc(C)n5)cc43)c2)n1. The fraction of sp³-hybridized carbons (Fsp3) is 0.179. The van der Waals surface area contributed by atoms with Crippen LogP contribution in [-0.2, 0) is 0 Å². The summed E-state index contributed by atoms with van der Waals surface area (Å²) in [7, 11) is 0. The van der Waals surface area contributed by atoms with Gasteiger partial charge in [-0.25, -0.2) is 74.8 Å². The molecule has 7 heterocycles. The monoisotopic (exact) mass is 968 g/mol. The molecule has 5 aromatic carbocycles. The number of aryl methyl sites for hydroxylation is 10. The lowest BCUT2D eigenvalue weighted by molar-refractivity contribution is 0.927. The summed E-state index contributed by atoms with van der Waals surface area (Å²) in [6.07, 6.45) is 0. The molecule has 0 N–H and O–H groups in total. The van der Waals surface area contributed by atoms with Crippen LogP contribution in [0.2, 0.25) is 0 Å². The van der Waals surface area contributed by atoms with Crippen LogP contribution in [-0.4, -0.2) is 83.9 Å². The third kappa shape index (κ3) is 7.87. The largest absolute Gasteiger partial charge is 0.308 e. The molecule has 0 aliphatic rings. The second-order valence-corrected chi connectivity index (χ2v) is 18.4. The molecule has 0 spiro atoms. The van der Waals surface area contributed by atoms with Gasteiger partial charge in [-0.2, -0.15) is 5.26 Å². The van der Waals surface area contributed by atoms with E-state index in [1.54, 1.807) is 0 Å². The van der Waals surface area contributed by atoms with Gasteiger partial charge in [0.1, 0.15) is 69.9 Å². The molecule has 7 aromatic heterocycles. The first-order chi connectivity index (χ1) is 35.6. The Kier molecular flexibility index (Phi) is 10.6. The minimum Gasteiger partial charge on any atom is -0.308 e. The maximum atomic E-state index is 12.0. The zero-order valence-electron chi connectivity index (χ0n) is 42.1. The Hall–Kier alpha value is -9.76. The summed E-state index contributed by atoms with van der Waals surface area (Å²) in [4.78, 5) is 70.4. The second kappa shape index (κ2) is 17.2. The number of hydrogen-bond acceptors (Lipinski definition) is 16. The van der Waals surface area contributed by atoms with Gasteiger partial charge in [-0.3, -0.25) is 0 Å². The quantitative estimate of drug-likeness (QED) is 0.145. The average Bonchev–Trinajstić information content (AvgIpc) is 3.89. The van der Waals surface area contributed by atoms with E-state index in [2.05, 4.69) is 88.7 Å². The molecule has 0 radical (unpaired) electrons. The number of nitrogens with zero attached hydrogens (tertiary/aromatic N) is 18. The Morgan fingerprint density at radius 3 is 0.716 bits per heavy atom. The first-order valence-corrected chi connectivity index (χ1v) is 23.9. The van der Waals surface area contributed by atoms with E-state index in [0.29, 0.717) is 110 Å². The molecule has 74 heavy (non-hydrogen) atoms. The number of benzene rings is 5. The highest BCUT2D eigenvalue weighted by Crippen LogP contribution is 2.42. The van der Waals surface area contributed by atoms with Crippen LogP contribution in [0.5, 0.6) is 0 Å². The van der Waals surface area contributed by atoms with Gasteiger partial charge in [-0.05, 0) is 106 Å². The van der Waals surface area contributed by atoms with E-state index < -0.39 is 0 Å². The molecule has 12 rings (SSSR count). The van der Waals surface area contributed by atoms with Crippen LogP contribution in [0.15, 0.2) is 84.9 Å². The summed E-state index contributed by atoms with van der Waals surface area (Å²) in [6.45, 7) is 18.5. The van der Waals surface area contributed by atoms with Crippen molar-refractivity contribution in [1.82, 2.24) is 83.9 Å². The van der Waals surface area contributed by atoms with Gasteiger partial charge < -0.3 is 9.13 Å². The topological polar surface area (TPSA) is 227 Å². The zero-order valence-corrected chi connectivity index (χ0v) is 42.1. The van der Waals surface area contributed by atoms with E-state index >= 15 is 0 Å². The minimum absolute atomic E-state index is 0.359. The van der Waals surface area contributed by atoms with Crippen LogP contribution in [0.25, 0.3) is 112 Å². The molecule has 0 aliphatic carbocycles. The third-order valence-electron chi connectivity index (χ3n) is 12.8. The lowest BCUT2D eigenvalue weighted by Crippen LogP contribution is -2.07. The minimum atomic E-state index is 0.359. The third-order valence-corrected chi connectivity index (χ3v) is 12.8. The summed E-state index contributed by atoms with van der Waals surface area (Å²) >= 11 is 0. The van der Waals surface area contributed by atoms with Crippen LogP contribution in [0.1, 0.15) is 63.8 Å². The van der Waals surface area contributed by atoms with Crippen LogP contribution >= 0.6 is 0 Å². The molecule has 358 valence electrons. The second-order valence-electron chi connectivity index (χ2n) is 18.4. The van der Waals surface area contributed by atoms with Crippen molar-refractivity contribution >= 4 is 43.6 Å². The summed E-state index contributed by atoms with van der Waals surface area (Å²) in [5, 5.41) is 15.7. The highest BCUT2D eigenvalue weighted by Gasteiger charge is 2.26. The first-order valence-electron chi connectivity index (χ1n) is 23.9. The van der Waals surface area contributed by atoms with Gasteiger partial charge in [0.15, 0.2) is 29.1 Å². The molecule has 0 saturated heterocycles. The van der Waals surface area contributed by atoms with Crippen molar-refractivity contribution in [1.29, 1.82) is 5.26 Å².